The van der Waals surface area contributed by atoms with E-state index in [0.29, 0.717) is 31.3 Å². The van der Waals surface area contributed by atoms with Gasteiger partial charge in [0.15, 0.2) is 0 Å². The molecule has 0 aromatic heterocycles. The molecule has 4 heteroatoms. The maximum Gasteiger partial charge on any atom is 0.222 e. The summed E-state index contributed by atoms with van der Waals surface area (Å²) in [5, 5.41) is 12.1. The minimum absolute atomic E-state index is 0.205. The fraction of sp³-hybridized carbons (Fsp3) is 0.867. The monoisotopic (exact) mass is 265 g/mol. The van der Waals surface area contributed by atoms with Gasteiger partial charge in [0.1, 0.15) is 0 Å². The number of nitrogens with one attached hydrogen (secondary N) is 1. The number of amides is 1. The zero-order chi connectivity index (χ0) is 14.1. The fourth-order valence-electron chi connectivity index (χ4n) is 2.57. The van der Waals surface area contributed by atoms with Gasteiger partial charge < -0.3 is 10.2 Å². The molecule has 1 fully saturated rings. The predicted molar refractivity (Wildman–Crippen MR) is 76.5 cm³/mol. The quantitative estimate of drug-likeness (QED) is 0.768. The molecule has 4 nitrogen and oxygen atoms in total. The maximum absolute atomic E-state index is 12.2. The fourth-order valence-corrected chi connectivity index (χ4v) is 2.57. The van der Waals surface area contributed by atoms with Crippen molar-refractivity contribution >= 4 is 5.91 Å². The van der Waals surface area contributed by atoms with Gasteiger partial charge >= 0.3 is 0 Å². The second-order valence-corrected chi connectivity index (χ2v) is 5.83. The first-order valence-corrected chi connectivity index (χ1v) is 7.51. The smallest absolute Gasteiger partial charge is 0.222 e. The summed E-state index contributed by atoms with van der Waals surface area (Å²) in [5.41, 5.74) is 0. The number of nitrogens with zero attached hydrogens (tertiary/aromatic N) is 2. The first-order chi connectivity index (χ1) is 9.13. The number of piperidine rings is 1. The summed E-state index contributed by atoms with van der Waals surface area (Å²) < 4.78 is 0. The van der Waals surface area contributed by atoms with Gasteiger partial charge in [-0.2, -0.15) is 5.26 Å². The third-order valence-corrected chi connectivity index (χ3v) is 3.55. The van der Waals surface area contributed by atoms with E-state index in [2.05, 4.69) is 25.2 Å². The molecule has 0 aromatic rings. The molecule has 0 aliphatic carbocycles. The largest absolute Gasteiger partial charge is 0.341 e. The summed E-state index contributed by atoms with van der Waals surface area (Å²) in [5.74, 6) is 0.659. The molecule has 1 N–H and O–H groups in total. The molecule has 0 spiro atoms. The molecule has 19 heavy (non-hydrogen) atoms. The molecular formula is C15H27N3O. The first kappa shape index (κ1) is 16.0. The molecule has 0 radical (unpaired) electrons. The highest BCUT2D eigenvalue weighted by Crippen LogP contribution is 2.13. The Balaban J connectivity index is 2.35. The molecule has 1 aliphatic heterocycles. The van der Waals surface area contributed by atoms with E-state index >= 15 is 0 Å². The van der Waals surface area contributed by atoms with Crippen molar-refractivity contribution in [3.05, 3.63) is 0 Å². The van der Waals surface area contributed by atoms with Gasteiger partial charge in [0.2, 0.25) is 5.91 Å². The molecule has 0 bridgehead atoms. The first-order valence-electron chi connectivity index (χ1n) is 7.51. The molecular weight excluding hydrogens is 238 g/mol. The molecule has 1 heterocycles. The van der Waals surface area contributed by atoms with E-state index in [1.54, 1.807) is 0 Å². The van der Waals surface area contributed by atoms with Crippen LogP contribution in [0.4, 0.5) is 0 Å². The van der Waals surface area contributed by atoms with Crippen LogP contribution in [0.5, 0.6) is 0 Å². The lowest BCUT2D eigenvalue weighted by Gasteiger charge is -2.26. The third-order valence-electron chi connectivity index (χ3n) is 3.55. The summed E-state index contributed by atoms with van der Waals surface area (Å²) in [6.45, 7) is 6.64. The van der Waals surface area contributed by atoms with Gasteiger partial charge in [-0.3, -0.25) is 4.79 Å². The van der Waals surface area contributed by atoms with Crippen molar-refractivity contribution in [2.75, 3.05) is 19.6 Å². The van der Waals surface area contributed by atoms with Crippen LogP contribution in [0, 0.1) is 17.2 Å². The van der Waals surface area contributed by atoms with Gasteiger partial charge in [0, 0.05) is 25.6 Å². The number of carbonyl (C=O) groups is 1. The second-order valence-electron chi connectivity index (χ2n) is 5.83. The molecule has 1 unspecified atom stereocenters. The molecule has 108 valence electrons. The Labute approximate surface area is 117 Å². The summed E-state index contributed by atoms with van der Waals surface area (Å²) in [7, 11) is 0. The Morgan fingerprint density at radius 3 is 2.84 bits per heavy atom. The normalized spacial score (nSPS) is 19.2. The highest BCUT2D eigenvalue weighted by Gasteiger charge is 2.18. The Kier molecular flexibility index (Phi) is 7.50. The lowest BCUT2D eigenvalue weighted by molar-refractivity contribution is -0.131. The van der Waals surface area contributed by atoms with Crippen LogP contribution < -0.4 is 5.32 Å². The van der Waals surface area contributed by atoms with E-state index in [0.717, 1.165) is 19.5 Å². The van der Waals surface area contributed by atoms with Crippen molar-refractivity contribution in [2.45, 2.75) is 58.4 Å². The van der Waals surface area contributed by atoms with E-state index in [9.17, 15) is 4.79 Å². The number of hydrogen-bond acceptors (Lipinski definition) is 3. The SMILES string of the molecule is CC(C)CN(CCC#N)C(=O)CCC1CCCCN1. The molecule has 0 saturated carbocycles. The number of nitriles is 1. The van der Waals surface area contributed by atoms with Crippen LogP contribution >= 0.6 is 0 Å². The maximum atomic E-state index is 12.2. The predicted octanol–water partition coefficient (Wildman–Crippen LogP) is 2.31. The molecule has 1 saturated heterocycles. The average Bonchev–Trinajstić information content (AvgIpc) is 2.41. The van der Waals surface area contributed by atoms with Crippen LogP contribution in [0.1, 0.15) is 52.4 Å². The van der Waals surface area contributed by atoms with Crippen molar-refractivity contribution in [1.29, 1.82) is 5.26 Å². The average molecular weight is 265 g/mol. The minimum atomic E-state index is 0.205. The van der Waals surface area contributed by atoms with Gasteiger partial charge in [-0.1, -0.05) is 20.3 Å². The number of hydrogen-bond donors (Lipinski definition) is 1. The van der Waals surface area contributed by atoms with Crippen molar-refractivity contribution in [3.63, 3.8) is 0 Å². The highest BCUT2D eigenvalue weighted by molar-refractivity contribution is 5.76. The lowest BCUT2D eigenvalue weighted by atomic mass is 10.00. The lowest BCUT2D eigenvalue weighted by Crippen LogP contribution is -2.38. The van der Waals surface area contributed by atoms with E-state index < -0.39 is 0 Å². The summed E-state index contributed by atoms with van der Waals surface area (Å²) in [6.07, 6.45) is 5.69. The molecule has 1 atom stereocenters. The van der Waals surface area contributed by atoms with E-state index in [4.69, 9.17) is 5.26 Å². The van der Waals surface area contributed by atoms with Crippen molar-refractivity contribution in [2.24, 2.45) is 5.92 Å². The Morgan fingerprint density at radius 1 is 1.47 bits per heavy atom. The molecule has 1 aliphatic rings. The zero-order valence-corrected chi connectivity index (χ0v) is 12.3. The Morgan fingerprint density at radius 2 is 2.26 bits per heavy atom. The van der Waals surface area contributed by atoms with E-state index in [1.165, 1.54) is 19.3 Å². The molecule has 1 amide bonds. The van der Waals surface area contributed by atoms with Gasteiger partial charge in [0.05, 0.1) is 12.5 Å². The zero-order valence-electron chi connectivity index (χ0n) is 12.3. The number of rotatable bonds is 7. The van der Waals surface area contributed by atoms with Gasteiger partial charge in [-0.05, 0) is 31.7 Å². The highest BCUT2D eigenvalue weighted by atomic mass is 16.2. The van der Waals surface area contributed by atoms with Crippen LogP contribution in [0.25, 0.3) is 0 Å². The third kappa shape index (κ3) is 6.58. The van der Waals surface area contributed by atoms with Crippen LogP contribution in [0.3, 0.4) is 0 Å². The Hall–Kier alpha value is -1.08. The summed E-state index contributed by atoms with van der Waals surface area (Å²) in [4.78, 5) is 14.1. The van der Waals surface area contributed by atoms with Crippen LogP contribution in [0.15, 0.2) is 0 Å². The van der Waals surface area contributed by atoms with Crippen molar-refractivity contribution in [3.8, 4) is 6.07 Å². The van der Waals surface area contributed by atoms with E-state index in [-0.39, 0.29) is 5.91 Å². The van der Waals surface area contributed by atoms with Crippen molar-refractivity contribution in [1.82, 2.24) is 10.2 Å². The second kappa shape index (κ2) is 8.92. The number of carbonyl (C=O) groups excluding carboxylic acids is 1. The minimum Gasteiger partial charge on any atom is -0.341 e. The molecule has 0 aromatic carbocycles. The van der Waals surface area contributed by atoms with Crippen molar-refractivity contribution < 1.29 is 4.79 Å². The van der Waals surface area contributed by atoms with Gasteiger partial charge in [-0.15, -0.1) is 0 Å². The van der Waals surface area contributed by atoms with Crippen LogP contribution in [-0.2, 0) is 4.79 Å². The Bertz CT molecular complexity index is 303. The summed E-state index contributed by atoms with van der Waals surface area (Å²) >= 11 is 0. The topological polar surface area (TPSA) is 56.1 Å². The standard InChI is InChI=1S/C15H27N3O/c1-13(2)12-18(11-5-9-16)15(19)8-7-14-6-3-4-10-17-14/h13-14,17H,3-8,10-12H2,1-2H3. The van der Waals surface area contributed by atoms with Crippen LogP contribution in [-0.4, -0.2) is 36.5 Å². The molecule has 1 rings (SSSR count). The van der Waals surface area contributed by atoms with Gasteiger partial charge in [-0.25, -0.2) is 0 Å². The van der Waals surface area contributed by atoms with E-state index in [1.807, 2.05) is 4.90 Å². The summed E-state index contributed by atoms with van der Waals surface area (Å²) in [6, 6.07) is 2.63. The van der Waals surface area contributed by atoms with Gasteiger partial charge in [0.25, 0.3) is 0 Å². The van der Waals surface area contributed by atoms with Crippen LogP contribution in [0.2, 0.25) is 0 Å².